The van der Waals surface area contributed by atoms with Crippen LogP contribution >= 0.6 is 11.3 Å². The number of hydrogen-bond acceptors (Lipinski definition) is 4. The van der Waals surface area contributed by atoms with Crippen molar-refractivity contribution >= 4 is 23.2 Å². The van der Waals surface area contributed by atoms with Gasteiger partial charge in [0.2, 0.25) is 5.91 Å². The van der Waals surface area contributed by atoms with E-state index < -0.39 is 0 Å². The Morgan fingerprint density at radius 2 is 1.68 bits per heavy atom. The molecule has 3 heterocycles. The van der Waals surface area contributed by atoms with Crippen molar-refractivity contribution < 1.29 is 9.59 Å². The average Bonchev–Trinajstić information content (AvgIpc) is 3.10. The number of likely N-dealkylation sites (tertiary alicyclic amines) is 1. The summed E-state index contributed by atoms with van der Waals surface area (Å²) >= 11 is 1.55. The van der Waals surface area contributed by atoms with Crippen molar-refractivity contribution in [3.8, 4) is 0 Å². The van der Waals surface area contributed by atoms with Crippen molar-refractivity contribution in [2.24, 2.45) is 0 Å². The van der Waals surface area contributed by atoms with E-state index in [1.165, 1.54) is 6.42 Å². The minimum absolute atomic E-state index is 0.114. The minimum Gasteiger partial charge on any atom is -0.342 e. The Morgan fingerprint density at radius 1 is 0.955 bits per heavy atom. The lowest BCUT2D eigenvalue weighted by Crippen LogP contribution is -2.52. The maximum atomic E-state index is 12.3. The maximum absolute atomic E-state index is 12.3. The highest BCUT2D eigenvalue weighted by atomic mass is 32.1. The summed E-state index contributed by atoms with van der Waals surface area (Å²) in [6.45, 7) is 5.32. The van der Waals surface area contributed by atoms with Gasteiger partial charge in [-0.05, 0) is 30.7 Å². The molecule has 2 fully saturated rings. The number of thiophene rings is 1. The molecule has 0 atom stereocenters. The van der Waals surface area contributed by atoms with Gasteiger partial charge >= 0.3 is 0 Å². The largest absolute Gasteiger partial charge is 0.342 e. The van der Waals surface area contributed by atoms with Crippen molar-refractivity contribution in [2.75, 3.05) is 45.8 Å². The average molecular weight is 321 g/mol. The highest BCUT2D eigenvalue weighted by Crippen LogP contribution is 2.13. The highest BCUT2D eigenvalue weighted by molar-refractivity contribution is 7.08. The number of nitrogens with zero attached hydrogens (tertiary/aromatic N) is 3. The molecule has 1 aromatic heterocycles. The van der Waals surface area contributed by atoms with Crippen LogP contribution < -0.4 is 0 Å². The number of piperidine rings is 1. The molecule has 2 aliphatic heterocycles. The highest BCUT2D eigenvalue weighted by Gasteiger charge is 2.25. The molecule has 0 bridgehead atoms. The summed E-state index contributed by atoms with van der Waals surface area (Å²) in [6, 6.07) is 1.87. The lowest BCUT2D eigenvalue weighted by molar-refractivity contribution is -0.133. The smallest absolute Gasteiger partial charge is 0.254 e. The second-order valence-electron chi connectivity index (χ2n) is 6.02. The zero-order valence-electron chi connectivity index (χ0n) is 12.9. The van der Waals surface area contributed by atoms with E-state index in [9.17, 15) is 9.59 Å². The summed E-state index contributed by atoms with van der Waals surface area (Å²) in [6.07, 6.45) is 3.51. The Hall–Kier alpha value is -1.40. The van der Waals surface area contributed by atoms with Crippen LogP contribution in [0.15, 0.2) is 16.8 Å². The Kier molecular flexibility index (Phi) is 5.10. The fraction of sp³-hybridized carbons (Fsp3) is 0.625. The van der Waals surface area contributed by atoms with E-state index in [4.69, 9.17) is 0 Å². The summed E-state index contributed by atoms with van der Waals surface area (Å²) in [5.41, 5.74) is 0.780. The van der Waals surface area contributed by atoms with E-state index in [1.54, 1.807) is 11.3 Å². The third-order valence-corrected chi connectivity index (χ3v) is 5.18. The molecule has 5 nitrogen and oxygen atoms in total. The molecule has 22 heavy (non-hydrogen) atoms. The fourth-order valence-electron chi connectivity index (χ4n) is 3.11. The van der Waals surface area contributed by atoms with Crippen LogP contribution in [0.5, 0.6) is 0 Å². The van der Waals surface area contributed by atoms with Gasteiger partial charge in [0.05, 0.1) is 12.1 Å². The van der Waals surface area contributed by atoms with E-state index >= 15 is 0 Å². The molecule has 6 heteroatoms. The molecule has 0 N–H and O–H groups in total. The Labute approximate surface area is 135 Å². The normalized spacial score (nSPS) is 20.2. The second-order valence-corrected chi connectivity index (χ2v) is 6.80. The molecule has 3 rings (SSSR count). The lowest BCUT2D eigenvalue weighted by Gasteiger charge is -2.36. The molecular weight excluding hydrogens is 298 g/mol. The van der Waals surface area contributed by atoms with Crippen molar-refractivity contribution in [2.45, 2.75) is 19.3 Å². The Bertz CT molecular complexity index is 503. The van der Waals surface area contributed by atoms with Crippen LogP contribution in [0, 0.1) is 0 Å². The molecule has 0 saturated carbocycles. The van der Waals surface area contributed by atoms with Crippen LogP contribution in [0.2, 0.25) is 0 Å². The molecule has 120 valence electrons. The van der Waals surface area contributed by atoms with Gasteiger partial charge in [-0.3, -0.25) is 14.5 Å². The third kappa shape index (κ3) is 3.67. The molecule has 2 amide bonds. The van der Waals surface area contributed by atoms with Crippen molar-refractivity contribution in [1.29, 1.82) is 0 Å². The number of hydrogen-bond donors (Lipinski definition) is 0. The molecule has 2 saturated heterocycles. The van der Waals surface area contributed by atoms with Gasteiger partial charge < -0.3 is 9.80 Å². The molecule has 0 radical (unpaired) electrons. The molecule has 0 spiro atoms. The monoisotopic (exact) mass is 321 g/mol. The standard InChI is InChI=1S/C16H23N3O2S/c20-15(18-5-2-1-3-6-18)12-17-7-9-19(10-8-17)16(21)14-4-11-22-13-14/h4,11,13H,1-3,5-10,12H2. The van der Waals surface area contributed by atoms with Gasteiger partial charge in [0.25, 0.3) is 5.91 Å². The van der Waals surface area contributed by atoms with Gasteiger partial charge in [-0.1, -0.05) is 0 Å². The van der Waals surface area contributed by atoms with Gasteiger partial charge in [0.15, 0.2) is 0 Å². The Morgan fingerprint density at radius 3 is 2.32 bits per heavy atom. The van der Waals surface area contributed by atoms with Crippen LogP contribution in [0.4, 0.5) is 0 Å². The SMILES string of the molecule is O=C(CN1CCN(C(=O)c2ccsc2)CC1)N1CCCCC1. The summed E-state index contributed by atoms with van der Waals surface area (Å²) in [5, 5.41) is 3.83. The first-order chi connectivity index (χ1) is 10.7. The van der Waals surface area contributed by atoms with Gasteiger partial charge in [-0.25, -0.2) is 0 Å². The van der Waals surface area contributed by atoms with Gasteiger partial charge in [0.1, 0.15) is 0 Å². The van der Waals surface area contributed by atoms with E-state index in [-0.39, 0.29) is 11.8 Å². The molecule has 0 unspecified atom stereocenters. The zero-order valence-corrected chi connectivity index (χ0v) is 13.7. The summed E-state index contributed by atoms with van der Waals surface area (Å²) in [4.78, 5) is 30.6. The fourth-order valence-corrected chi connectivity index (χ4v) is 3.74. The predicted molar refractivity (Wildman–Crippen MR) is 87.1 cm³/mol. The van der Waals surface area contributed by atoms with Crippen LogP contribution in [0.3, 0.4) is 0 Å². The van der Waals surface area contributed by atoms with E-state index in [0.717, 1.165) is 44.6 Å². The summed E-state index contributed by atoms with van der Waals surface area (Å²) in [7, 11) is 0. The van der Waals surface area contributed by atoms with Crippen LogP contribution in [-0.4, -0.2) is 72.3 Å². The summed E-state index contributed by atoms with van der Waals surface area (Å²) in [5.74, 6) is 0.362. The van der Waals surface area contributed by atoms with Crippen LogP contribution in [0.25, 0.3) is 0 Å². The van der Waals surface area contributed by atoms with E-state index in [2.05, 4.69) is 4.90 Å². The summed E-state index contributed by atoms with van der Waals surface area (Å²) < 4.78 is 0. The molecular formula is C16H23N3O2S. The predicted octanol–water partition coefficient (Wildman–Crippen LogP) is 1.52. The van der Waals surface area contributed by atoms with Gasteiger partial charge in [-0.2, -0.15) is 11.3 Å². The van der Waals surface area contributed by atoms with Crippen molar-refractivity contribution in [3.63, 3.8) is 0 Å². The minimum atomic E-state index is 0.114. The first-order valence-corrected chi connectivity index (χ1v) is 9.00. The molecule has 0 aromatic carbocycles. The Balaban J connectivity index is 1.45. The van der Waals surface area contributed by atoms with E-state index in [0.29, 0.717) is 19.6 Å². The quantitative estimate of drug-likeness (QED) is 0.848. The van der Waals surface area contributed by atoms with Crippen LogP contribution in [0.1, 0.15) is 29.6 Å². The number of piperazine rings is 1. The second kappa shape index (κ2) is 7.24. The van der Waals surface area contributed by atoms with Gasteiger partial charge in [-0.15, -0.1) is 0 Å². The van der Waals surface area contributed by atoms with Crippen molar-refractivity contribution in [1.82, 2.24) is 14.7 Å². The maximum Gasteiger partial charge on any atom is 0.254 e. The number of carbonyl (C=O) groups is 2. The van der Waals surface area contributed by atoms with Gasteiger partial charge in [0, 0.05) is 44.6 Å². The third-order valence-electron chi connectivity index (χ3n) is 4.50. The molecule has 2 aliphatic rings. The van der Waals surface area contributed by atoms with E-state index in [1.807, 2.05) is 26.6 Å². The first kappa shape index (κ1) is 15.5. The van der Waals surface area contributed by atoms with Crippen molar-refractivity contribution in [3.05, 3.63) is 22.4 Å². The van der Waals surface area contributed by atoms with Crippen LogP contribution in [-0.2, 0) is 4.79 Å². The number of amides is 2. The number of carbonyl (C=O) groups excluding carboxylic acids is 2. The molecule has 0 aliphatic carbocycles. The zero-order chi connectivity index (χ0) is 15.4. The first-order valence-electron chi connectivity index (χ1n) is 8.05. The lowest BCUT2D eigenvalue weighted by atomic mass is 10.1. The molecule has 1 aromatic rings. The number of rotatable bonds is 3. The topological polar surface area (TPSA) is 43.9 Å².